The summed E-state index contributed by atoms with van der Waals surface area (Å²) < 4.78 is 5.61. The number of aromatic nitrogens is 2. The van der Waals surface area contributed by atoms with Crippen molar-refractivity contribution in [2.45, 2.75) is 18.0 Å². The highest BCUT2D eigenvalue weighted by Gasteiger charge is 2.21. The van der Waals surface area contributed by atoms with E-state index >= 15 is 0 Å². The lowest BCUT2D eigenvalue weighted by molar-refractivity contribution is 0.130. The van der Waals surface area contributed by atoms with E-state index < -0.39 is 0 Å². The van der Waals surface area contributed by atoms with Crippen molar-refractivity contribution in [3.63, 3.8) is 0 Å². The Labute approximate surface area is 112 Å². The fraction of sp³-hybridized carbons (Fsp3) is 0.667. The molecule has 1 aromatic rings. The van der Waals surface area contributed by atoms with Crippen molar-refractivity contribution >= 4 is 23.4 Å². The molecule has 6 heteroatoms. The standard InChI is InChI=1S/C12H20N4OS/c1-16(5-6-17-8-9-3-4-9)11-7-10(13)14-12(15-11)18-2/h7,9H,3-6,8H2,1-2H3,(H2,13,14,15). The van der Waals surface area contributed by atoms with Gasteiger partial charge in [-0.2, -0.15) is 0 Å². The fourth-order valence-corrected chi connectivity index (χ4v) is 1.95. The predicted octanol–water partition coefficient (Wildman–Crippen LogP) is 1.64. The van der Waals surface area contributed by atoms with E-state index in [1.807, 2.05) is 18.2 Å². The number of nitrogen functional groups attached to an aromatic ring is 1. The third-order valence-electron chi connectivity index (χ3n) is 2.91. The monoisotopic (exact) mass is 268 g/mol. The molecular weight excluding hydrogens is 248 g/mol. The second kappa shape index (κ2) is 6.24. The second-order valence-electron chi connectivity index (χ2n) is 4.58. The van der Waals surface area contributed by atoms with Crippen LogP contribution in [0.5, 0.6) is 0 Å². The molecule has 100 valence electrons. The van der Waals surface area contributed by atoms with Crippen molar-refractivity contribution in [1.29, 1.82) is 0 Å². The zero-order chi connectivity index (χ0) is 13.0. The average Bonchev–Trinajstić information content (AvgIpc) is 3.17. The molecule has 0 aliphatic heterocycles. The van der Waals surface area contributed by atoms with Crippen LogP contribution in [0.25, 0.3) is 0 Å². The van der Waals surface area contributed by atoms with Gasteiger partial charge in [-0.15, -0.1) is 0 Å². The van der Waals surface area contributed by atoms with Crippen LogP contribution in [0.4, 0.5) is 11.6 Å². The molecule has 1 saturated carbocycles. The highest BCUT2D eigenvalue weighted by molar-refractivity contribution is 7.98. The molecule has 0 radical (unpaired) electrons. The summed E-state index contributed by atoms with van der Waals surface area (Å²) in [5.74, 6) is 2.17. The first-order valence-electron chi connectivity index (χ1n) is 6.16. The summed E-state index contributed by atoms with van der Waals surface area (Å²) in [6.45, 7) is 2.44. The molecule has 18 heavy (non-hydrogen) atoms. The second-order valence-corrected chi connectivity index (χ2v) is 5.35. The highest BCUT2D eigenvalue weighted by Crippen LogP contribution is 2.28. The lowest BCUT2D eigenvalue weighted by Crippen LogP contribution is -2.24. The van der Waals surface area contributed by atoms with Crippen LogP contribution < -0.4 is 10.6 Å². The Morgan fingerprint density at radius 3 is 2.94 bits per heavy atom. The SMILES string of the molecule is CSc1nc(N)cc(N(C)CCOCC2CC2)n1. The van der Waals surface area contributed by atoms with E-state index in [4.69, 9.17) is 10.5 Å². The van der Waals surface area contributed by atoms with Gasteiger partial charge >= 0.3 is 0 Å². The van der Waals surface area contributed by atoms with Gasteiger partial charge in [0.2, 0.25) is 0 Å². The van der Waals surface area contributed by atoms with Crippen LogP contribution in [0.15, 0.2) is 11.2 Å². The van der Waals surface area contributed by atoms with Gasteiger partial charge in [0.1, 0.15) is 11.6 Å². The fourth-order valence-electron chi connectivity index (χ4n) is 1.57. The van der Waals surface area contributed by atoms with Gasteiger partial charge < -0.3 is 15.4 Å². The molecule has 0 spiro atoms. The lowest BCUT2D eigenvalue weighted by Gasteiger charge is -2.18. The quantitative estimate of drug-likeness (QED) is 0.461. The molecule has 1 fully saturated rings. The van der Waals surface area contributed by atoms with Crippen molar-refractivity contribution in [2.24, 2.45) is 5.92 Å². The maximum Gasteiger partial charge on any atom is 0.191 e. The minimum atomic E-state index is 0.509. The number of nitrogens with two attached hydrogens (primary N) is 1. The van der Waals surface area contributed by atoms with Crippen molar-refractivity contribution in [3.8, 4) is 0 Å². The summed E-state index contributed by atoms with van der Waals surface area (Å²) in [5.41, 5.74) is 5.75. The summed E-state index contributed by atoms with van der Waals surface area (Å²) >= 11 is 1.49. The molecule has 1 aliphatic rings. The van der Waals surface area contributed by atoms with Gasteiger partial charge in [0.15, 0.2) is 5.16 Å². The summed E-state index contributed by atoms with van der Waals surface area (Å²) in [5, 5.41) is 0.704. The zero-order valence-electron chi connectivity index (χ0n) is 10.9. The average molecular weight is 268 g/mol. The predicted molar refractivity (Wildman–Crippen MR) is 75.0 cm³/mol. The van der Waals surface area contributed by atoms with Gasteiger partial charge in [0, 0.05) is 26.3 Å². The Kier molecular flexibility index (Phi) is 4.66. The van der Waals surface area contributed by atoms with Crippen molar-refractivity contribution < 1.29 is 4.74 Å². The molecule has 1 aromatic heterocycles. The Hall–Kier alpha value is -1.01. The number of likely N-dealkylation sites (N-methyl/N-ethyl adjacent to an activating group) is 1. The molecule has 5 nitrogen and oxygen atoms in total. The molecule has 0 aromatic carbocycles. The number of anilines is 2. The van der Waals surface area contributed by atoms with Crippen LogP contribution in [0.2, 0.25) is 0 Å². The molecule has 2 rings (SSSR count). The molecule has 0 bridgehead atoms. The summed E-state index contributed by atoms with van der Waals surface area (Å²) in [6, 6.07) is 1.79. The first-order chi connectivity index (χ1) is 8.69. The van der Waals surface area contributed by atoms with Crippen molar-refractivity contribution in [2.75, 3.05) is 43.7 Å². The third kappa shape index (κ3) is 4.03. The maximum atomic E-state index is 5.75. The van der Waals surface area contributed by atoms with Crippen LogP contribution in [-0.4, -0.2) is 43.0 Å². The van der Waals surface area contributed by atoms with Crippen LogP contribution in [0, 0.1) is 5.92 Å². The van der Waals surface area contributed by atoms with Gasteiger partial charge in [-0.25, -0.2) is 9.97 Å². The summed E-state index contributed by atoms with van der Waals surface area (Å²) in [6.07, 6.45) is 4.60. The number of ether oxygens (including phenoxy) is 1. The molecule has 0 saturated heterocycles. The number of hydrogen-bond acceptors (Lipinski definition) is 6. The maximum absolute atomic E-state index is 5.75. The molecular formula is C12H20N4OS. The topological polar surface area (TPSA) is 64.3 Å². The minimum absolute atomic E-state index is 0.509. The van der Waals surface area contributed by atoms with Crippen molar-refractivity contribution in [1.82, 2.24) is 9.97 Å². The highest BCUT2D eigenvalue weighted by atomic mass is 32.2. The van der Waals surface area contributed by atoms with Gasteiger partial charge in [-0.05, 0) is 25.0 Å². The van der Waals surface area contributed by atoms with E-state index in [0.717, 1.165) is 31.5 Å². The summed E-state index contributed by atoms with van der Waals surface area (Å²) in [7, 11) is 1.99. The Morgan fingerprint density at radius 2 is 2.28 bits per heavy atom. The molecule has 0 unspecified atom stereocenters. The van der Waals surface area contributed by atoms with Gasteiger partial charge in [-0.1, -0.05) is 11.8 Å². The minimum Gasteiger partial charge on any atom is -0.383 e. The van der Waals surface area contributed by atoms with E-state index in [2.05, 4.69) is 9.97 Å². The van der Waals surface area contributed by atoms with Gasteiger partial charge in [0.05, 0.1) is 6.61 Å². The van der Waals surface area contributed by atoms with Gasteiger partial charge in [0.25, 0.3) is 0 Å². The third-order valence-corrected chi connectivity index (χ3v) is 3.45. The lowest BCUT2D eigenvalue weighted by atomic mass is 10.4. The van der Waals surface area contributed by atoms with Crippen LogP contribution in [0.1, 0.15) is 12.8 Å². The molecule has 0 atom stereocenters. The number of rotatable bonds is 7. The molecule has 2 N–H and O–H groups in total. The largest absolute Gasteiger partial charge is 0.383 e. The summed E-state index contributed by atoms with van der Waals surface area (Å²) in [4.78, 5) is 10.6. The van der Waals surface area contributed by atoms with E-state index in [-0.39, 0.29) is 0 Å². The Balaban J connectivity index is 1.82. The zero-order valence-corrected chi connectivity index (χ0v) is 11.7. The van der Waals surface area contributed by atoms with Crippen LogP contribution in [-0.2, 0) is 4.74 Å². The Bertz CT molecular complexity index is 398. The van der Waals surface area contributed by atoms with Crippen LogP contribution in [0.3, 0.4) is 0 Å². The first kappa shape index (κ1) is 13.4. The van der Waals surface area contributed by atoms with E-state index in [9.17, 15) is 0 Å². The first-order valence-corrected chi connectivity index (χ1v) is 7.39. The number of nitrogens with zero attached hydrogens (tertiary/aromatic N) is 3. The van der Waals surface area contributed by atoms with E-state index in [1.54, 1.807) is 6.07 Å². The number of hydrogen-bond donors (Lipinski definition) is 1. The molecule has 1 aliphatic carbocycles. The van der Waals surface area contributed by atoms with E-state index in [1.165, 1.54) is 24.6 Å². The molecule has 1 heterocycles. The smallest absolute Gasteiger partial charge is 0.191 e. The van der Waals surface area contributed by atoms with Crippen LogP contribution >= 0.6 is 11.8 Å². The Morgan fingerprint density at radius 1 is 1.50 bits per heavy atom. The van der Waals surface area contributed by atoms with Gasteiger partial charge in [-0.3, -0.25) is 0 Å². The normalized spacial score (nSPS) is 14.8. The van der Waals surface area contributed by atoms with Crippen molar-refractivity contribution in [3.05, 3.63) is 6.07 Å². The molecule has 0 amide bonds. The van der Waals surface area contributed by atoms with E-state index in [0.29, 0.717) is 11.0 Å². The number of thioether (sulfide) groups is 1.